The van der Waals surface area contributed by atoms with Gasteiger partial charge in [-0.2, -0.15) is 0 Å². The number of halogens is 1. The molecule has 1 aliphatic carbocycles. The second-order valence-electron chi connectivity index (χ2n) is 5.76. The van der Waals surface area contributed by atoms with Crippen LogP contribution in [0.1, 0.15) is 23.3 Å². The summed E-state index contributed by atoms with van der Waals surface area (Å²) in [4.78, 5) is 12.9. The molecular formula is C17H18FNO2S. The molecule has 0 bridgehead atoms. The smallest absolute Gasteiger partial charge is 0.224 e. The first-order valence-electron chi connectivity index (χ1n) is 7.35. The van der Waals surface area contributed by atoms with Crippen LogP contribution in [0, 0.1) is 11.7 Å². The minimum absolute atomic E-state index is 0.165. The number of hydrogen-bond acceptors (Lipinski definition) is 3. The normalized spacial score (nSPS) is 17.0. The van der Waals surface area contributed by atoms with Gasteiger partial charge in [0, 0.05) is 4.88 Å². The molecule has 5 heteroatoms. The van der Waals surface area contributed by atoms with Crippen LogP contribution in [0.3, 0.4) is 0 Å². The molecule has 0 unspecified atom stereocenters. The van der Waals surface area contributed by atoms with E-state index in [-0.39, 0.29) is 30.6 Å². The summed E-state index contributed by atoms with van der Waals surface area (Å²) >= 11 is 1.51. The Kier molecular flexibility index (Phi) is 4.27. The van der Waals surface area contributed by atoms with E-state index >= 15 is 0 Å². The van der Waals surface area contributed by atoms with Crippen molar-refractivity contribution >= 4 is 17.2 Å². The van der Waals surface area contributed by atoms with E-state index in [1.807, 2.05) is 17.5 Å². The zero-order valence-corrected chi connectivity index (χ0v) is 12.9. The van der Waals surface area contributed by atoms with Gasteiger partial charge in [-0.3, -0.25) is 4.79 Å². The molecule has 1 fully saturated rings. The van der Waals surface area contributed by atoms with Gasteiger partial charge in [0.15, 0.2) is 0 Å². The molecule has 1 aromatic carbocycles. The van der Waals surface area contributed by atoms with Crippen molar-refractivity contribution in [3.63, 3.8) is 0 Å². The Labute approximate surface area is 132 Å². The number of benzene rings is 1. The molecule has 1 saturated carbocycles. The lowest BCUT2D eigenvalue weighted by Crippen LogP contribution is -2.42. The van der Waals surface area contributed by atoms with Gasteiger partial charge in [-0.1, -0.05) is 18.2 Å². The Morgan fingerprint density at radius 3 is 2.64 bits per heavy atom. The molecule has 1 aliphatic rings. The van der Waals surface area contributed by atoms with E-state index in [2.05, 4.69) is 5.32 Å². The summed E-state index contributed by atoms with van der Waals surface area (Å²) in [6.45, 7) is 0.220. The molecule has 3 nitrogen and oxygen atoms in total. The number of rotatable bonds is 6. The first-order valence-corrected chi connectivity index (χ1v) is 8.23. The van der Waals surface area contributed by atoms with Crippen LogP contribution in [0.4, 0.5) is 4.39 Å². The summed E-state index contributed by atoms with van der Waals surface area (Å²) in [5, 5.41) is 15.7. The van der Waals surface area contributed by atoms with Crippen molar-refractivity contribution in [2.75, 3.05) is 6.54 Å². The number of carbonyl (C=O) groups excluding carboxylic acids is 1. The third kappa shape index (κ3) is 3.36. The van der Waals surface area contributed by atoms with Crippen molar-refractivity contribution in [2.45, 2.75) is 24.9 Å². The van der Waals surface area contributed by atoms with Gasteiger partial charge in [-0.05, 0) is 47.9 Å². The van der Waals surface area contributed by atoms with Crippen LogP contribution >= 0.6 is 11.3 Å². The Morgan fingerprint density at radius 2 is 2.05 bits per heavy atom. The van der Waals surface area contributed by atoms with E-state index in [4.69, 9.17) is 0 Å². The largest absolute Gasteiger partial charge is 0.382 e. The van der Waals surface area contributed by atoms with Crippen LogP contribution in [0.5, 0.6) is 0 Å². The van der Waals surface area contributed by atoms with Gasteiger partial charge in [0.2, 0.25) is 5.91 Å². The van der Waals surface area contributed by atoms with Gasteiger partial charge in [0.25, 0.3) is 0 Å². The van der Waals surface area contributed by atoms with Crippen molar-refractivity contribution in [1.82, 2.24) is 5.32 Å². The fourth-order valence-corrected chi connectivity index (χ4v) is 3.51. The van der Waals surface area contributed by atoms with Gasteiger partial charge in [-0.25, -0.2) is 4.39 Å². The molecule has 0 aliphatic heterocycles. The maximum atomic E-state index is 12.8. The number of amides is 1. The Hall–Kier alpha value is -1.72. The molecule has 1 aromatic heterocycles. The molecule has 1 atom stereocenters. The summed E-state index contributed by atoms with van der Waals surface area (Å²) in [5.41, 5.74) is -0.211. The van der Waals surface area contributed by atoms with Crippen LogP contribution in [0.25, 0.3) is 0 Å². The second-order valence-corrected chi connectivity index (χ2v) is 6.70. The van der Waals surface area contributed by atoms with Gasteiger partial charge >= 0.3 is 0 Å². The summed E-state index contributed by atoms with van der Waals surface area (Å²) in [6.07, 6.45) is 2.16. The van der Waals surface area contributed by atoms with E-state index in [1.54, 1.807) is 12.1 Å². The van der Waals surface area contributed by atoms with Crippen molar-refractivity contribution < 1.29 is 14.3 Å². The van der Waals surface area contributed by atoms with Crippen molar-refractivity contribution in [3.05, 3.63) is 58.0 Å². The Balaban J connectivity index is 1.60. The van der Waals surface area contributed by atoms with E-state index in [0.29, 0.717) is 0 Å². The number of nitrogens with one attached hydrogen (secondary N) is 1. The highest BCUT2D eigenvalue weighted by molar-refractivity contribution is 7.10. The molecule has 3 rings (SSSR count). The van der Waals surface area contributed by atoms with E-state index < -0.39 is 5.60 Å². The van der Waals surface area contributed by atoms with Crippen LogP contribution in [-0.2, 0) is 16.8 Å². The summed E-state index contributed by atoms with van der Waals surface area (Å²) < 4.78 is 12.8. The highest BCUT2D eigenvalue weighted by Crippen LogP contribution is 2.46. The maximum absolute atomic E-state index is 12.8. The molecule has 1 amide bonds. The minimum Gasteiger partial charge on any atom is -0.382 e. The number of carbonyl (C=O) groups is 1. The zero-order chi connectivity index (χ0) is 15.6. The van der Waals surface area contributed by atoms with Gasteiger partial charge in [0.05, 0.1) is 13.0 Å². The molecule has 22 heavy (non-hydrogen) atoms. The summed E-state index contributed by atoms with van der Waals surface area (Å²) in [6, 6.07) is 9.70. The maximum Gasteiger partial charge on any atom is 0.224 e. The van der Waals surface area contributed by atoms with Gasteiger partial charge < -0.3 is 10.4 Å². The monoisotopic (exact) mass is 319 g/mol. The second kappa shape index (κ2) is 6.18. The van der Waals surface area contributed by atoms with Crippen molar-refractivity contribution in [2.24, 2.45) is 5.92 Å². The minimum atomic E-state index is -0.966. The predicted octanol–water partition coefficient (Wildman–Crippen LogP) is 2.84. The average Bonchev–Trinajstić information content (AvgIpc) is 3.22. The first-order chi connectivity index (χ1) is 10.6. The molecule has 1 heterocycles. The van der Waals surface area contributed by atoms with Crippen LogP contribution in [-0.4, -0.2) is 17.6 Å². The molecule has 2 aromatic rings. The lowest BCUT2D eigenvalue weighted by molar-refractivity contribution is -0.122. The van der Waals surface area contributed by atoms with Crippen LogP contribution < -0.4 is 5.32 Å². The molecule has 2 N–H and O–H groups in total. The molecule has 0 saturated heterocycles. The van der Waals surface area contributed by atoms with E-state index in [0.717, 1.165) is 23.3 Å². The lowest BCUT2D eigenvalue weighted by atomic mass is 9.95. The van der Waals surface area contributed by atoms with E-state index in [1.165, 1.54) is 23.5 Å². The molecule has 0 radical (unpaired) electrons. The molecular weight excluding hydrogens is 301 g/mol. The van der Waals surface area contributed by atoms with Gasteiger partial charge in [-0.15, -0.1) is 11.3 Å². The SMILES string of the molecule is O=C(Cc1ccc(F)cc1)NC[C@@](O)(c1cccs1)C1CC1. The summed E-state index contributed by atoms with van der Waals surface area (Å²) in [7, 11) is 0. The molecule has 116 valence electrons. The topological polar surface area (TPSA) is 49.3 Å². The van der Waals surface area contributed by atoms with Crippen molar-refractivity contribution in [1.29, 1.82) is 0 Å². The van der Waals surface area contributed by atoms with E-state index in [9.17, 15) is 14.3 Å². The first kappa shape index (κ1) is 15.2. The quantitative estimate of drug-likeness (QED) is 0.860. The van der Waals surface area contributed by atoms with Crippen LogP contribution in [0.15, 0.2) is 41.8 Å². The number of aliphatic hydroxyl groups is 1. The van der Waals surface area contributed by atoms with Gasteiger partial charge in [0.1, 0.15) is 11.4 Å². The standard InChI is InChI=1S/C17H18FNO2S/c18-14-7-3-12(4-8-14)10-16(20)19-11-17(21,13-5-6-13)15-2-1-9-22-15/h1-4,7-9,13,21H,5-6,10-11H2,(H,19,20)/t17-/m0/s1. The summed E-state index contributed by atoms with van der Waals surface area (Å²) in [5.74, 6) is -0.260. The van der Waals surface area contributed by atoms with Crippen LogP contribution in [0.2, 0.25) is 0 Å². The highest BCUT2D eigenvalue weighted by Gasteiger charge is 2.45. The zero-order valence-electron chi connectivity index (χ0n) is 12.1. The predicted molar refractivity (Wildman–Crippen MR) is 84.1 cm³/mol. The third-order valence-electron chi connectivity index (χ3n) is 4.03. The fourth-order valence-electron chi connectivity index (χ4n) is 2.60. The highest BCUT2D eigenvalue weighted by atomic mass is 32.1. The Morgan fingerprint density at radius 1 is 1.32 bits per heavy atom. The Bertz CT molecular complexity index is 637. The average molecular weight is 319 g/mol. The number of hydrogen-bond donors (Lipinski definition) is 2. The fraction of sp³-hybridized carbons (Fsp3) is 0.353. The molecule has 0 spiro atoms. The third-order valence-corrected chi connectivity index (χ3v) is 5.07. The lowest BCUT2D eigenvalue weighted by Gasteiger charge is -2.27. The van der Waals surface area contributed by atoms with Crippen molar-refractivity contribution in [3.8, 4) is 0 Å². The number of thiophene rings is 1.